The predicted molar refractivity (Wildman–Crippen MR) is 89.4 cm³/mol. The van der Waals surface area contributed by atoms with Crippen LogP contribution in [0, 0.1) is 5.92 Å². The lowest BCUT2D eigenvalue weighted by molar-refractivity contribution is -0.188. The van der Waals surface area contributed by atoms with Crippen LogP contribution in [0.5, 0.6) is 0 Å². The fourth-order valence-electron chi connectivity index (χ4n) is 2.99. The number of hydrogen-bond acceptors (Lipinski definition) is 2. The first-order chi connectivity index (χ1) is 11.5. The summed E-state index contributed by atoms with van der Waals surface area (Å²) >= 11 is 9.26. The average Bonchev–Trinajstić information content (AvgIpc) is 2.50. The highest BCUT2D eigenvalue weighted by Gasteiger charge is 2.49. The van der Waals surface area contributed by atoms with E-state index in [2.05, 4.69) is 21.2 Å². The van der Waals surface area contributed by atoms with Gasteiger partial charge in [0.2, 0.25) is 5.91 Å². The normalized spacial score (nSPS) is 24.0. The molecule has 4 nitrogen and oxygen atoms in total. The minimum Gasteiger partial charge on any atom is -0.480 e. The van der Waals surface area contributed by atoms with Crippen molar-refractivity contribution in [1.82, 2.24) is 5.32 Å². The first kappa shape index (κ1) is 20.0. The molecular weight excluding hydrogens is 427 g/mol. The summed E-state index contributed by atoms with van der Waals surface area (Å²) in [6.07, 6.45) is -5.68. The Labute approximate surface area is 155 Å². The van der Waals surface area contributed by atoms with E-state index in [9.17, 15) is 27.9 Å². The van der Waals surface area contributed by atoms with Crippen molar-refractivity contribution in [3.05, 3.63) is 33.3 Å². The fraction of sp³-hybridized carbons (Fsp3) is 0.500. The van der Waals surface area contributed by atoms with Crippen LogP contribution in [0.2, 0.25) is 5.02 Å². The van der Waals surface area contributed by atoms with Crippen LogP contribution in [0.25, 0.3) is 0 Å². The lowest BCUT2D eigenvalue weighted by Crippen LogP contribution is -2.57. The summed E-state index contributed by atoms with van der Waals surface area (Å²) in [5.41, 5.74) is -1.17. The van der Waals surface area contributed by atoms with Gasteiger partial charge in [0.05, 0.1) is 12.3 Å². The largest absolute Gasteiger partial charge is 0.480 e. The number of halogens is 5. The Kier molecular flexibility index (Phi) is 6.04. The van der Waals surface area contributed by atoms with E-state index in [1.54, 1.807) is 18.2 Å². The molecule has 0 bridgehead atoms. The highest BCUT2D eigenvalue weighted by Crippen LogP contribution is 2.41. The second kappa shape index (κ2) is 7.53. The third kappa shape index (κ3) is 4.88. The Morgan fingerprint density at radius 1 is 1.32 bits per heavy atom. The minimum absolute atomic E-state index is 0.157. The van der Waals surface area contributed by atoms with Crippen LogP contribution in [-0.4, -0.2) is 28.7 Å². The number of rotatable bonds is 4. The van der Waals surface area contributed by atoms with Gasteiger partial charge in [0, 0.05) is 9.50 Å². The van der Waals surface area contributed by atoms with E-state index >= 15 is 0 Å². The van der Waals surface area contributed by atoms with Gasteiger partial charge in [0.15, 0.2) is 0 Å². The highest BCUT2D eigenvalue weighted by atomic mass is 79.9. The molecule has 1 aliphatic carbocycles. The van der Waals surface area contributed by atoms with Gasteiger partial charge in [-0.2, -0.15) is 13.2 Å². The van der Waals surface area contributed by atoms with E-state index in [1.807, 2.05) is 0 Å². The molecule has 1 aromatic rings. The number of amides is 1. The number of aliphatic carboxylic acids is 1. The molecule has 2 rings (SSSR count). The zero-order valence-corrected chi connectivity index (χ0v) is 15.3. The lowest BCUT2D eigenvalue weighted by atomic mass is 9.76. The third-order valence-electron chi connectivity index (χ3n) is 4.45. The Bertz CT molecular complexity index is 673. The van der Waals surface area contributed by atoms with E-state index in [-0.39, 0.29) is 32.1 Å². The summed E-state index contributed by atoms with van der Waals surface area (Å²) in [5, 5.41) is 12.2. The molecule has 0 radical (unpaired) electrons. The molecule has 0 atom stereocenters. The standard InChI is InChI=1S/C16H16BrClF3NO3/c17-11-1-2-12(18)9(7-11)8-13(23)22-15(14(24)25)5-3-10(4-6-15)16(19,20)21/h1-2,7,10H,3-6,8H2,(H,22,23)(H,24,25). The maximum absolute atomic E-state index is 12.8. The number of alkyl halides is 3. The topological polar surface area (TPSA) is 66.4 Å². The number of carboxylic acid groups (broad SMARTS) is 1. The van der Waals surface area contributed by atoms with Crippen LogP contribution >= 0.6 is 27.5 Å². The zero-order valence-electron chi connectivity index (χ0n) is 13.0. The average molecular weight is 443 g/mol. The minimum atomic E-state index is -4.35. The van der Waals surface area contributed by atoms with Crippen LogP contribution in [-0.2, 0) is 16.0 Å². The van der Waals surface area contributed by atoms with Crippen molar-refractivity contribution in [2.45, 2.75) is 43.8 Å². The van der Waals surface area contributed by atoms with Gasteiger partial charge in [-0.05, 0) is 49.4 Å². The van der Waals surface area contributed by atoms with Crippen LogP contribution in [0.3, 0.4) is 0 Å². The highest BCUT2D eigenvalue weighted by molar-refractivity contribution is 9.10. The van der Waals surface area contributed by atoms with Crippen molar-refractivity contribution in [2.75, 3.05) is 0 Å². The maximum atomic E-state index is 12.8. The number of benzene rings is 1. The van der Waals surface area contributed by atoms with Crippen molar-refractivity contribution in [2.24, 2.45) is 5.92 Å². The van der Waals surface area contributed by atoms with Crippen LogP contribution in [0.1, 0.15) is 31.2 Å². The van der Waals surface area contributed by atoms with E-state index in [0.717, 1.165) is 0 Å². The number of carboxylic acids is 1. The van der Waals surface area contributed by atoms with E-state index < -0.39 is 29.5 Å². The predicted octanol–water partition coefficient (Wildman–Crippen LogP) is 4.34. The first-order valence-electron chi connectivity index (χ1n) is 7.58. The van der Waals surface area contributed by atoms with Gasteiger partial charge in [0.25, 0.3) is 0 Å². The van der Waals surface area contributed by atoms with E-state index in [1.165, 1.54) is 0 Å². The van der Waals surface area contributed by atoms with Gasteiger partial charge >= 0.3 is 12.1 Å². The molecule has 9 heteroatoms. The Balaban J connectivity index is 2.08. The van der Waals surface area contributed by atoms with Crippen molar-refractivity contribution in [3.63, 3.8) is 0 Å². The molecule has 1 saturated carbocycles. The molecule has 0 spiro atoms. The summed E-state index contributed by atoms with van der Waals surface area (Å²) < 4.78 is 39.0. The Hall–Kier alpha value is -1.28. The summed E-state index contributed by atoms with van der Waals surface area (Å²) in [7, 11) is 0. The molecule has 25 heavy (non-hydrogen) atoms. The quantitative estimate of drug-likeness (QED) is 0.729. The molecule has 1 aliphatic rings. The Morgan fingerprint density at radius 3 is 2.44 bits per heavy atom. The van der Waals surface area contributed by atoms with Crippen molar-refractivity contribution < 1.29 is 27.9 Å². The molecule has 0 saturated heterocycles. The Morgan fingerprint density at radius 2 is 1.92 bits per heavy atom. The smallest absolute Gasteiger partial charge is 0.391 e. The molecule has 0 aromatic heterocycles. The van der Waals surface area contributed by atoms with Crippen molar-refractivity contribution in [3.8, 4) is 0 Å². The monoisotopic (exact) mass is 441 g/mol. The molecule has 2 N–H and O–H groups in total. The second-order valence-corrected chi connectivity index (χ2v) is 7.49. The van der Waals surface area contributed by atoms with Crippen molar-refractivity contribution in [1.29, 1.82) is 0 Å². The first-order valence-corrected chi connectivity index (χ1v) is 8.76. The van der Waals surface area contributed by atoms with Gasteiger partial charge in [-0.3, -0.25) is 4.79 Å². The number of carbonyl (C=O) groups excluding carboxylic acids is 1. The number of carbonyl (C=O) groups is 2. The number of nitrogens with one attached hydrogen (secondary N) is 1. The molecule has 1 aromatic carbocycles. The van der Waals surface area contributed by atoms with Gasteiger partial charge in [-0.25, -0.2) is 4.79 Å². The van der Waals surface area contributed by atoms with Gasteiger partial charge < -0.3 is 10.4 Å². The summed E-state index contributed by atoms with van der Waals surface area (Å²) in [4.78, 5) is 23.9. The van der Waals surface area contributed by atoms with Crippen LogP contribution < -0.4 is 5.32 Å². The second-order valence-electron chi connectivity index (χ2n) is 6.16. The number of hydrogen-bond donors (Lipinski definition) is 2. The van der Waals surface area contributed by atoms with Crippen molar-refractivity contribution >= 4 is 39.4 Å². The summed E-state index contributed by atoms with van der Waals surface area (Å²) in [5.74, 6) is -3.44. The van der Waals surface area contributed by atoms with Gasteiger partial charge in [0.1, 0.15) is 5.54 Å². The summed E-state index contributed by atoms with van der Waals surface area (Å²) in [6, 6.07) is 4.92. The zero-order chi connectivity index (χ0) is 18.8. The molecule has 138 valence electrons. The molecule has 0 unspecified atom stereocenters. The molecule has 1 amide bonds. The van der Waals surface area contributed by atoms with Crippen LogP contribution in [0.15, 0.2) is 22.7 Å². The molecule has 0 aliphatic heterocycles. The SMILES string of the molecule is O=C(Cc1cc(Br)ccc1Cl)NC1(C(=O)O)CCC(C(F)(F)F)CC1. The lowest BCUT2D eigenvalue weighted by Gasteiger charge is -2.38. The summed E-state index contributed by atoms with van der Waals surface area (Å²) in [6.45, 7) is 0. The van der Waals surface area contributed by atoms with Gasteiger partial charge in [-0.1, -0.05) is 27.5 Å². The third-order valence-corrected chi connectivity index (χ3v) is 5.31. The van der Waals surface area contributed by atoms with E-state index in [4.69, 9.17) is 11.6 Å². The van der Waals surface area contributed by atoms with E-state index in [0.29, 0.717) is 15.1 Å². The van der Waals surface area contributed by atoms with Gasteiger partial charge in [-0.15, -0.1) is 0 Å². The molecule has 1 fully saturated rings. The maximum Gasteiger partial charge on any atom is 0.391 e. The fourth-order valence-corrected chi connectivity index (χ4v) is 3.59. The van der Waals surface area contributed by atoms with Crippen LogP contribution in [0.4, 0.5) is 13.2 Å². The molecular formula is C16H16BrClF3NO3. The molecule has 0 heterocycles.